The van der Waals surface area contributed by atoms with E-state index in [1.54, 1.807) is 20.2 Å². The van der Waals surface area contributed by atoms with Crippen LogP contribution >= 0.6 is 15.9 Å². The lowest BCUT2D eigenvalue weighted by atomic mass is 10.2. The summed E-state index contributed by atoms with van der Waals surface area (Å²) < 4.78 is 5.42. The zero-order valence-corrected chi connectivity index (χ0v) is 11.0. The first-order valence-corrected chi connectivity index (χ1v) is 5.57. The van der Waals surface area contributed by atoms with Gasteiger partial charge in [0.2, 0.25) is 0 Å². The van der Waals surface area contributed by atoms with Gasteiger partial charge in [0.05, 0.1) is 0 Å². The Morgan fingerprint density at radius 2 is 2.06 bits per heavy atom. The van der Waals surface area contributed by atoms with Crippen molar-refractivity contribution in [1.29, 1.82) is 0 Å². The Hall–Kier alpha value is -1.56. The van der Waals surface area contributed by atoms with E-state index in [1.165, 1.54) is 17.0 Å². The molecule has 0 heterocycles. The van der Waals surface area contributed by atoms with Crippen LogP contribution in [0.1, 0.15) is 10.4 Å². The highest BCUT2D eigenvalue weighted by molar-refractivity contribution is 9.10. The van der Waals surface area contributed by atoms with E-state index in [2.05, 4.69) is 15.9 Å². The highest BCUT2D eigenvalue weighted by Gasteiger charge is 2.15. The molecule has 5 nitrogen and oxygen atoms in total. The summed E-state index contributed by atoms with van der Waals surface area (Å²) in [5.74, 6) is -1.25. The van der Waals surface area contributed by atoms with E-state index in [1.807, 2.05) is 0 Å². The third-order valence-corrected chi connectivity index (χ3v) is 2.50. The predicted octanol–water partition coefficient (Wildman–Crippen LogP) is 1.40. The lowest BCUT2D eigenvalue weighted by Crippen LogP contribution is -2.27. The zero-order valence-electron chi connectivity index (χ0n) is 9.44. The van der Waals surface area contributed by atoms with Crippen molar-refractivity contribution in [2.45, 2.75) is 0 Å². The first kappa shape index (κ1) is 13.5. The number of amides is 1. The molecular formula is C11H12BrNO4. The number of hydrogen-bond acceptors (Lipinski definition) is 4. The molecule has 0 atom stereocenters. The van der Waals surface area contributed by atoms with Crippen molar-refractivity contribution in [3.8, 4) is 5.75 Å². The summed E-state index contributed by atoms with van der Waals surface area (Å²) in [5.41, 5.74) is 0.0194. The smallest absolute Gasteiger partial charge is 0.342 e. The number of likely N-dealkylation sites (N-methyl/N-ethyl adjacent to an activating group) is 1. The Balaban J connectivity index is 2.70. The van der Waals surface area contributed by atoms with Crippen LogP contribution in [0.2, 0.25) is 0 Å². The zero-order chi connectivity index (χ0) is 13.0. The van der Waals surface area contributed by atoms with Crippen molar-refractivity contribution in [2.75, 3.05) is 20.7 Å². The first-order valence-electron chi connectivity index (χ1n) is 4.77. The van der Waals surface area contributed by atoms with E-state index in [-0.39, 0.29) is 23.8 Å². The van der Waals surface area contributed by atoms with Crippen LogP contribution in [0.4, 0.5) is 0 Å². The minimum absolute atomic E-state index is 0.0194. The summed E-state index contributed by atoms with van der Waals surface area (Å²) in [6, 6.07) is 4.39. The Morgan fingerprint density at radius 1 is 1.41 bits per heavy atom. The van der Waals surface area contributed by atoms with Crippen LogP contribution in [0.15, 0.2) is 22.7 Å². The second kappa shape index (κ2) is 5.67. The molecule has 1 amide bonds. The van der Waals surface area contributed by atoms with E-state index < -0.39 is 5.97 Å². The predicted molar refractivity (Wildman–Crippen MR) is 64.8 cm³/mol. The molecule has 1 N–H and O–H groups in total. The van der Waals surface area contributed by atoms with Gasteiger partial charge in [0.1, 0.15) is 11.3 Å². The molecule has 0 fully saturated rings. The topological polar surface area (TPSA) is 66.8 Å². The molecule has 17 heavy (non-hydrogen) atoms. The van der Waals surface area contributed by atoms with Gasteiger partial charge in [-0.25, -0.2) is 4.79 Å². The summed E-state index contributed by atoms with van der Waals surface area (Å²) in [5, 5.41) is 9.46. The molecule has 0 aliphatic rings. The van der Waals surface area contributed by atoms with E-state index in [9.17, 15) is 14.7 Å². The fraction of sp³-hybridized carbons (Fsp3) is 0.273. The van der Waals surface area contributed by atoms with E-state index in [0.29, 0.717) is 4.47 Å². The van der Waals surface area contributed by atoms with Crippen molar-refractivity contribution in [3.63, 3.8) is 0 Å². The van der Waals surface area contributed by atoms with Gasteiger partial charge in [0, 0.05) is 18.6 Å². The summed E-state index contributed by atoms with van der Waals surface area (Å²) in [6.45, 7) is -0.349. The van der Waals surface area contributed by atoms with Gasteiger partial charge in [-0.3, -0.25) is 4.79 Å². The monoisotopic (exact) mass is 301 g/mol. The third-order valence-electron chi connectivity index (χ3n) is 2.00. The lowest BCUT2D eigenvalue weighted by Gasteiger charge is -2.10. The maximum atomic E-state index is 11.6. The maximum absolute atomic E-state index is 11.6. The quantitative estimate of drug-likeness (QED) is 0.857. The fourth-order valence-corrected chi connectivity index (χ4v) is 1.37. The molecule has 0 bridgehead atoms. The highest BCUT2D eigenvalue weighted by atomic mass is 79.9. The van der Waals surface area contributed by atoms with Crippen molar-refractivity contribution < 1.29 is 19.4 Å². The maximum Gasteiger partial charge on any atom is 0.342 e. The first-order chi connectivity index (χ1) is 7.91. The molecule has 0 saturated heterocycles. The molecule has 6 heteroatoms. The Kier molecular flexibility index (Phi) is 4.51. The minimum Gasteiger partial charge on any atom is -0.507 e. The fourth-order valence-electron chi connectivity index (χ4n) is 1.01. The molecule has 1 aromatic carbocycles. The molecule has 0 spiro atoms. The number of rotatable bonds is 3. The third kappa shape index (κ3) is 3.74. The number of aromatic hydroxyl groups is 1. The normalized spacial score (nSPS) is 9.82. The van der Waals surface area contributed by atoms with Gasteiger partial charge in [0.15, 0.2) is 6.61 Å². The number of phenols is 1. The molecular weight excluding hydrogens is 290 g/mol. The van der Waals surface area contributed by atoms with E-state index in [4.69, 9.17) is 4.74 Å². The number of ether oxygens (including phenoxy) is 1. The molecule has 0 saturated carbocycles. The van der Waals surface area contributed by atoms with Crippen molar-refractivity contribution in [1.82, 2.24) is 4.90 Å². The van der Waals surface area contributed by atoms with Gasteiger partial charge < -0.3 is 14.7 Å². The van der Waals surface area contributed by atoms with Crippen LogP contribution in [0.3, 0.4) is 0 Å². The number of benzene rings is 1. The van der Waals surface area contributed by atoms with Gasteiger partial charge in [-0.05, 0) is 18.2 Å². The molecule has 1 aromatic rings. The standard InChI is InChI=1S/C11H12BrNO4/c1-13(2)10(15)6-17-11(16)8-5-7(12)3-4-9(8)14/h3-5,14H,6H2,1-2H3. The van der Waals surface area contributed by atoms with Crippen LogP contribution < -0.4 is 0 Å². The highest BCUT2D eigenvalue weighted by Crippen LogP contribution is 2.22. The average molecular weight is 302 g/mol. The summed E-state index contributed by atoms with van der Waals surface area (Å²) in [6.07, 6.45) is 0. The molecule has 0 unspecified atom stereocenters. The van der Waals surface area contributed by atoms with Crippen molar-refractivity contribution >= 4 is 27.8 Å². The molecule has 92 valence electrons. The number of carbonyl (C=O) groups is 2. The van der Waals surface area contributed by atoms with Crippen molar-refractivity contribution in [3.05, 3.63) is 28.2 Å². The average Bonchev–Trinajstić information content (AvgIpc) is 2.28. The second-order valence-corrected chi connectivity index (χ2v) is 4.44. The Morgan fingerprint density at radius 3 is 2.65 bits per heavy atom. The van der Waals surface area contributed by atoms with E-state index in [0.717, 1.165) is 0 Å². The summed E-state index contributed by atoms with van der Waals surface area (Å²) in [7, 11) is 3.12. The van der Waals surface area contributed by atoms with Crippen LogP contribution in [-0.4, -0.2) is 42.6 Å². The molecule has 0 radical (unpaired) electrons. The largest absolute Gasteiger partial charge is 0.507 e. The number of halogens is 1. The minimum atomic E-state index is -0.737. The number of phenolic OH excluding ortho intramolecular Hbond substituents is 1. The van der Waals surface area contributed by atoms with Crippen LogP contribution in [0.5, 0.6) is 5.75 Å². The molecule has 1 rings (SSSR count). The Bertz CT molecular complexity index is 445. The van der Waals surface area contributed by atoms with Crippen LogP contribution in [-0.2, 0) is 9.53 Å². The molecule has 0 aromatic heterocycles. The van der Waals surface area contributed by atoms with Crippen LogP contribution in [0, 0.1) is 0 Å². The van der Waals surface area contributed by atoms with Crippen LogP contribution in [0.25, 0.3) is 0 Å². The number of hydrogen-bond donors (Lipinski definition) is 1. The van der Waals surface area contributed by atoms with Gasteiger partial charge in [-0.1, -0.05) is 15.9 Å². The van der Waals surface area contributed by atoms with E-state index >= 15 is 0 Å². The van der Waals surface area contributed by atoms with Gasteiger partial charge >= 0.3 is 5.97 Å². The lowest BCUT2D eigenvalue weighted by molar-refractivity contribution is -0.131. The Labute approximate surface area is 107 Å². The summed E-state index contributed by atoms with van der Waals surface area (Å²) >= 11 is 3.17. The second-order valence-electron chi connectivity index (χ2n) is 3.53. The SMILES string of the molecule is CN(C)C(=O)COC(=O)c1cc(Br)ccc1O. The summed E-state index contributed by atoms with van der Waals surface area (Å²) in [4.78, 5) is 24.1. The van der Waals surface area contributed by atoms with Crippen molar-refractivity contribution in [2.24, 2.45) is 0 Å². The van der Waals surface area contributed by atoms with Gasteiger partial charge in [-0.15, -0.1) is 0 Å². The number of esters is 1. The molecule has 0 aliphatic heterocycles. The molecule has 0 aliphatic carbocycles. The number of carbonyl (C=O) groups excluding carboxylic acids is 2. The van der Waals surface area contributed by atoms with Gasteiger partial charge in [-0.2, -0.15) is 0 Å². The number of nitrogens with zero attached hydrogens (tertiary/aromatic N) is 1. The van der Waals surface area contributed by atoms with Gasteiger partial charge in [0.25, 0.3) is 5.91 Å².